The number of sulfonamides is 1. The molecule has 10 heteroatoms. The highest BCUT2D eigenvalue weighted by Crippen LogP contribution is 2.33. The molecule has 0 aliphatic carbocycles. The highest BCUT2D eigenvalue weighted by Gasteiger charge is 2.35. The normalized spacial score (nSPS) is 15.2. The maximum absolute atomic E-state index is 13.3. The summed E-state index contributed by atoms with van der Waals surface area (Å²) in [5, 5.41) is 3.27. The van der Waals surface area contributed by atoms with Crippen LogP contribution < -0.4 is 15.0 Å². The Morgan fingerprint density at radius 1 is 1.03 bits per heavy atom. The molecule has 1 atom stereocenters. The average Bonchev–Trinajstić information content (AvgIpc) is 2.88. The van der Waals surface area contributed by atoms with Gasteiger partial charge >= 0.3 is 0 Å². The number of nitrogens with zero attached hydrogens (tertiary/aromatic N) is 2. The van der Waals surface area contributed by atoms with Crippen LogP contribution in [0.2, 0.25) is 5.02 Å². The Labute approximate surface area is 215 Å². The van der Waals surface area contributed by atoms with Crippen molar-refractivity contribution in [3.05, 3.63) is 89.4 Å². The van der Waals surface area contributed by atoms with Crippen LogP contribution in [0.5, 0.6) is 5.75 Å². The average molecular weight is 528 g/mol. The summed E-state index contributed by atoms with van der Waals surface area (Å²) in [7, 11) is -2.58. The molecule has 1 unspecified atom stereocenters. The van der Waals surface area contributed by atoms with Gasteiger partial charge in [-0.25, -0.2) is 8.42 Å². The van der Waals surface area contributed by atoms with E-state index in [0.29, 0.717) is 29.4 Å². The summed E-state index contributed by atoms with van der Waals surface area (Å²) >= 11 is 5.86. The zero-order valence-electron chi connectivity index (χ0n) is 19.6. The van der Waals surface area contributed by atoms with Crippen molar-refractivity contribution in [2.24, 2.45) is 0 Å². The molecule has 1 aliphatic heterocycles. The van der Waals surface area contributed by atoms with Gasteiger partial charge in [-0.3, -0.25) is 9.59 Å². The predicted octanol–water partition coefficient (Wildman–Crippen LogP) is 3.11. The van der Waals surface area contributed by atoms with Gasteiger partial charge in [0.05, 0.1) is 23.7 Å². The smallest absolute Gasteiger partial charge is 0.262 e. The molecular weight excluding hydrogens is 502 g/mol. The number of carbonyl (C=O) groups is 2. The second kappa shape index (κ2) is 11.1. The first-order valence-corrected chi connectivity index (χ1v) is 13.2. The second-order valence-electron chi connectivity index (χ2n) is 8.32. The van der Waals surface area contributed by atoms with Crippen LogP contribution in [0.25, 0.3) is 0 Å². The standard InChI is InChI=1S/C26H26ClN3O5S/c1-29(36(33,34)21-13-11-20(27)12-14-21)18-25(31)30-17-24(35-23-10-6-5-9-22(23)30)26(32)28-16-15-19-7-3-2-4-8-19/h2-14,24H,15-18H2,1H3,(H,28,32). The first kappa shape index (κ1) is 25.7. The number of nitrogens with one attached hydrogen (secondary N) is 1. The molecule has 0 saturated heterocycles. The van der Waals surface area contributed by atoms with Crippen molar-refractivity contribution in [2.75, 3.05) is 31.6 Å². The fourth-order valence-corrected chi connectivity index (χ4v) is 5.09. The van der Waals surface area contributed by atoms with Crippen molar-refractivity contribution >= 4 is 39.1 Å². The molecule has 188 valence electrons. The lowest BCUT2D eigenvalue weighted by Gasteiger charge is -2.35. The van der Waals surface area contributed by atoms with Crippen LogP contribution in [0.3, 0.4) is 0 Å². The minimum Gasteiger partial charge on any atom is -0.477 e. The SMILES string of the molecule is CN(CC(=O)N1CC(C(=O)NCCc2ccccc2)Oc2ccccc21)S(=O)(=O)c1ccc(Cl)cc1. The minimum absolute atomic E-state index is 0.0280. The molecule has 0 spiro atoms. The summed E-state index contributed by atoms with van der Waals surface area (Å²) < 4.78 is 32.7. The van der Waals surface area contributed by atoms with E-state index in [9.17, 15) is 18.0 Å². The summed E-state index contributed by atoms with van der Waals surface area (Å²) in [6, 6.07) is 22.4. The van der Waals surface area contributed by atoms with E-state index < -0.39 is 28.6 Å². The molecule has 4 rings (SSSR count). The van der Waals surface area contributed by atoms with Crippen LogP contribution in [0.4, 0.5) is 5.69 Å². The number of benzene rings is 3. The molecule has 0 fully saturated rings. The van der Waals surface area contributed by atoms with Gasteiger partial charge in [-0.15, -0.1) is 0 Å². The molecule has 1 N–H and O–H groups in total. The first-order chi connectivity index (χ1) is 17.3. The van der Waals surface area contributed by atoms with Crippen LogP contribution in [-0.4, -0.2) is 57.3 Å². The van der Waals surface area contributed by atoms with Crippen LogP contribution in [0.1, 0.15) is 5.56 Å². The number of likely N-dealkylation sites (N-methyl/N-ethyl adjacent to an activating group) is 1. The number of rotatable bonds is 8. The summed E-state index contributed by atoms with van der Waals surface area (Å²) in [6.07, 6.45) is -0.274. The van der Waals surface area contributed by atoms with Gasteiger partial charge in [0.15, 0.2) is 6.10 Å². The van der Waals surface area contributed by atoms with Crippen LogP contribution in [0.15, 0.2) is 83.8 Å². The van der Waals surface area contributed by atoms with Crippen molar-refractivity contribution in [2.45, 2.75) is 17.4 Å². The lowest BCUT2D eigenvalue weighted by atomic mass is 10.1. The lowest BCUT2D eigenvalue weighted by molar-refractivity contribution is -0.128. The molecule has 0 aromatic heterocycles. The maximum atomic E-state index is 13.3. The van der Waals surface area contributed by atoms with Crippen LogP contribution >= 0.6 is 11.6 Å². The number of ether oxygens (including phenoxy) is 1. The Bertz CT molecular complexity index is 1330. The quantitative estimate of drug-likeness (QED) is 0.485. The molecule has 0 bridgehead atoms. The van der Waals surface area contributed by atoms with Crippen molar-refractivity contribution in [3.63, 3.8) is 0 Å². The molecule has 3 aromatic rings. The molecular formula is C26H26ClN3O5S. The van der Waals surface area contributed by atoms with E-state index in [1.54, 1.807) is 24.3 Å². The summed E-state index contributed by atoms with van der Waals surface area (Å²) in [5.41, 5.74) is 1.57. The highest BCUT2D eigenvalue weighted by atomic mass is 35.5. The van der Waals surface area contributed by atoms with E-state index in [2.05, 4.69) is 5.32 Å². The molecule has 1 heterocycles. The molecule has 36 heavy (non-hydrogen) atoms. The van der Waals surface area contributed by atoms with Crippen molar-refractivity contribution in [1.82, 2.24) is 9.62 Å². The van der Waals surface area contributed by atoms with Crippen molar-refractivity contribution in [1.29, 1.82) is 0 Å². The first-order valence-electron chi connectivity index (χ1n) is 11.4. The fraction of sp³-hybridized carbons (Fsp3) is 0.231. The van der Waals surface area contributed by atoms with Gasteiger partial charge in [0, 0.05) is 18.6 Å². The fourth-order valence-electron chi connectivity index (χ4n) is 3.84. The topological polar surface area (TPSA) is 96.0 Å². The number of anilines is 1. The Morgan fingerprint density at radius 3 is 2.42 bits per heavy atom. The Balaban J connectivity index is 1.45. The largest absolute Gasteiger partial charge is 0.477 e. The minimum atomic E-state index is -3.92. The van der Waals surface area contributed by atoms with E-state index in [0.717, 1.165) is 9.87 Å². The third-order valence-corrected chi connectivity index (χ3v) is 7.87. The highest BCUT2D eigenvalue weighted by molar-refractivity contribution is 7.89. The summed E-state index contributed by atoms with van der Waals surface area (Å²) in [5.74, 6) is -0.447. The van der Waals surface area contributed by atoms with E-state index in [4.69, 9.17) is 16.3 Å². The van der Waals surface area contributed by atoms with E-state index >= 15 is 0 Å². The van der Waals surface area contributed by atoms with Gasteiger partial charge in [-0.05, 0) is 48.4 Å². The molecule has 0 saturated carbocycles. The number of amides is 2. The maximum Gasteiger partial charge on any atom is 0.262 e. The predicted molar refractivity (Wildman–Crippen MR) is 138 cm³/mol. The summed E-state index contributed by atoms with van der Waals surface area (Å²) in [6.45, 7) is -0.0378. The third kappa shape index (κ3) is 5.87. The lowest BCUT2D eigenvalue weighted by Crippen LogP contribution is -2.52. The van der Waals surface area contributed by atoms with Crippen molar-refractivity contribution < 1.29 is 22.7 Å². The number of halogens is 1. The Hall–Kier alpha value is -3.40. The van der Waals surface area contributed by atoms with E-state index in [1.807, 2.05) is 30.3 Å². The number of hydrogen-bond acceptors (Lipinski definition) is 5. The van der Waals surface area contributed by atoms with Gasteiger partial charge in [0.2, 0.25) is 15.9 Å². The monoisotopic (exact) mass is 527 g/mol. The summed E-state index contributed by atoms with van der Waals surface area (Å²) in [4.78, 5) is 27.6. The zero-order valence-corrected chi connectivity index (χ0v) is 21.2. The van der Waals surface area contributed by atoms with Gasteiger partial charge in [0.25, 0.3) is 5.91 Å². The van der Waals surface area contributed by atoms with Gasteiger partial charge in [-0.1, -0.05) is 54.1 Å². The Morgan fingerprint density at radius 2 is 1.69 bits per heavy atom. The Kier molecular flexibility index (Phi) is 7.93. The second-order valence-corrected chi connectivity index (χ2v) is 10.8. The van der Waals surface area contributed by atoms with Gasteiger partial charge in [0.1, 0.15) is 5.75 Å². The number of fused-ring (bicyclic) bond motifs is 1. The number of para-hydroxylation sites is 2. The molecule has 8 nitrogen and oxygen atoms in total. The van der Waals surface area contributed by atoms with E-state index in [-0.39, 0.29) is 17.3 Å². The zero-order chi connectivity index (χ0) is 25.7. The van der Waals surface area contributed by atoms with Gasteiger partial charge in [-0.2, -0.15) is 4.31 Å². The number of hydrogen-bond donors (Lipinski definition) is 1. The number of carbonyl (C=O) groups excluding carboxylic acids is 2. The van der Waals surface area contributed by atoms with Gasteiger partial charge < -0.3 is 15.0 Å². The van der Waals surface area contributed by atoms with Crippen LogP contribution in [-0.2, 0) is 26.0 Å². The van der Waals surface area contributed by atoms with Crippen molar-refractivity contribution in [3.8, 4) is 5.75 Å². The van der Waals surface area contributed by atoms with E-state index in [1.165, 1.54) is 36.2 Å². The molecule has 0 radical (unpaired) electrons. The third-order valence-electron chi connectivity index (χ3n) is 5.80. The molecule has 2 amide bonds. The molecule has 3 aromatic carbocycles. The molecule has 1 aliphatic rings. The van der Waals surface area contributed by atoms with Crippen LogP contribution in [0, 0.1) is 0 Å².